The highest BCUT2D eigenvalue weighted by Gasteiger charge is 2.21. The molecular weight excluding hydrogens is 240 g/mol. The zero-order valence-corrected chi connectivity index (χ0v) is 10.6. The predicted octanol–water partition coefficient (Wildman–Crippen LogP) is 1.26. The first-order valence-electron chi connectivity index (χ1n) is 5.23. The van der Waals surface area contributed by atoms with E-state index in [1.165, 1.54) is 0 Å². The van der Waals surface area contributed by atoms with E-state index in [0.29, 0.717) is 17.7 Å². The molecule has 0 aliphatic rings. The molecule has 0 saturated heterocycles. The van der Waals surface area contributed by atoms with Gasteiger partial charge in [-0.25, -0.2) is 4.79 Å². The Morgan fingerprint density at radius 3 is 2.76 bits per heavy atom. The summed E-state index contributed by atoms with van der Waals surface area (Å²) < 4.78 is 0. The quantitative estimate of drug-likeness (QED) is 0.715. The number of hydrogen-bond donors (Lipinski definition) is 3. The van der Waals surface area contributed by atoms with E-state index in [1.54, 1.807) is 30.9 Å². The van der Waals surface area contributed by atoms with Gasteiger partial charge in [0.25, 0.3) is 5.91 Å². The van der Waals surface area contributed by atoms with Crippen molar-refractivity contribution in [3.8, 4) is 0 Å². The molecule has 1 heterocycles. The molecule has 0 aromatic carbocycles. The molecule has 0 bridgehead atoms. The summed E-state index contributed by atoms with van der Waals surface area (Å²) in [5, 5.41) is 11.5. The highest BCUT2D eigenvalue weighted by atomic mass is 32.2. The summed E-state index contributed by atoms with van der Waals surface area (Å²) in [7, 11) is 0. The van der Waals surface area contributed by atoms with Gasteiger partial charge in [-0.05, 0) is 31.4 Å². The summed E-state index contributed by atoms with van der Waals surface area (Å²) >= 11 is 1.55. The molecule has 0 saturated carbocycles. The molecule has 0 radical (unpaired) electrons. The number of aromatic nitrogens is 1. The van der Waals surface area contributed by atoms with Crippen molar-refractivity contribution in [2.75, 3.05) is 12.0 Å². The molecule has 3 N–H and O–H groups in total. The van der Waals surface area contributed by atoms with E-state index >= 15 is 0 Å². The molecule has 1 unspecified atom stereocenters. The van der Waals surface area contributed by atoms with E-state index in [0.717, 1.165) is 5.69 Å². The predicted molar refractivity (Wildman–Crippen MR) is 67.4 cm³/mol. The van der Waals surface area contributed by atoms with Gasteiger partial charge in [0.2, 0.25) is 0 Å². The number of amides is 1. The molecule has 94 valence electrons. The van der Waals surface area contributed by atoms with Gasteiger partial charge < -0.3 is 15.4 Å². The van der Waals surface area contributed by atoms with Gasteiger partial charge in [0.15, 0.2) is 0 Å². The number of rotatable bonds is 6. The maximum absolute atomic E-state index is 11.8. The summed E-state index contributed by atoms with van der Waals surface area (Å²) in [4.78, 5) is 25.6. The van der Waals surface area contributed by atoms with E-state index < -0.39 is 12.0 Å². The number of thioether (sulfide) groups is 1. The van der Waals surface area contributed by atoms with Crippen LogP contribution in [0.15, 0.2) is 12.3 Å². The second-order valence-electron chi connectivity index (χ2n) is 3.66. The first kappa shape index (κ1) is 13.6. The summed E-state index contributed by atoms with van der Waals surface area (Å²) in [6.07, 6.45) is 3.98. The number of aliphatic carboxylic acids is 1. The molecule has 1 rings (SSSR count). The van der Waals surface area contributed by atoms with Crippen molar-refractivity contribution in [2.24, 2.45) is 0 Å². The third-order valence-electron chi connectivity index (χ3n) is 2.41. The Kier molecular flexibility index (Phi) is 5.09. The average molecular weight is 256 g/mol. The Labute approximate surface area is 104 Å². The van der Waals surface area contributed by atoms with Gasteiger partial charge in [-0.1, -0.05) is 0 Å². The van der Waals surface area contributed by atoms with E-state index in [4.69, 9.17) is 5.11 Å². The highest BCUT2D eigenvalue weighted by Crippen LogP contribution is 2.07. The Bertz CT molecular complexity index is 403. The topological polar surface area (TPSA) is 82.2 Å². The number of aromatic amines is 1. The molecule has 1 atom stereocenters. The Morgan fingerprint density at radius 2 is 2.29 bits per heavy atom. The highest BCUT2D eigenvalue weighted by molar-refractivity contribution is 7.98. The first-order valence-corrected chi connectivity index (χ1v) is 6.62. The van der Waals surface area contributed by atoms with Gasteiger partial charge in [-0.2, -0.15) is 11.8 Å². The van der Waals surface area contributed by atoms with Crippen LogP contribution in [0.1, 0.15) is 22.5 Å². The Balaban J connectivity index is 2.64. The van der Waals surface area contributed by atoms with Gasteiger partial charge in [0, 0.05) is 11.9 Å². The fourth-order valence-corrected chi connectivity index (χ4v) is 1.90. The molecule has 5 nitrogen and oxygen atoms in total. The SMILES string of the molecule is CSCCC(NC(=O)c1cc[nH]c1C)C(=O)O. The second kappa shape index (κ2) is 6.34. The normalized spacial score (nSPS) is 12.1. The van der Waals surface area contributed by atoms with E-state index in [-0.39, 0.29) is 5.91 Å². The minimum Gasteiger partial charge on any atom is -0.480 e. The van der Waals surface area contributed by atoms with Crippen molar-refractivity contribution in [3.05, 3.63) is 23.5 Å². The number of carbonyl (C=O) groups excluding carboxylic acids is 1. The monoisotopic (exact) mass is 256 g/mol. The third kappa shape index (κ3) is 3.81. The van der Waals surface area contributed by atoms with Crippen LogP contribution in [0.2, 0.25) is 0 Å². The Hall–Kier alpha value is -1.43. The van der Waals surface area contributed by atoms with Gasteiger partial charge in [-0.3, -0.25) is 4.79 Å². The number of hydrogen-bond acceptors (Lipinski definition) is 3. The standard InChI is InChI=1S/C11H16N2O3S/c1-7-8(3-5-12-7)10(14)13-9(11(15)16)4-6-17-2/h3,5,9,12H,4,6H2,1-2H3,(H,13,14)(H,15,16). The van der Waals surface area contributed by atoms with Crippen molar-refractivity contribution < 1.29 is 14.7 Å². The summed E-state index contributed by atoms with van der Waals surface area (Å²) in [5.41, 5.74) is 1.22. The molecule has 0 aliphatic carbocycles. The van der Waals surface area contributed by atoms with Gasteiger partial charge in [0.05, 0.1) is 5.56 Å². The van der Waals surface area contributed by atoms with Crippen LogP contribution in [-0.4, -0.2) is 40.0 Å². The fraction of sp³-hybridized carbons (Fsp3) is 0.455. The van der Waals surface area contributed by atoms with Crippen LogP contribution < -0.4 is 5.32 Å². The van der Waals surface area contributed by atoms with E-state index in [1.807, 2.05) is 6.26 Å². The van der Waals surface area contributed by atoms with Crippen LogP contribution in [0.4, 0.5) is 0 Å². The molecule has 1 aromatic heterocycles. The molecule has 0 aliphatic heterocycles. The van der Waals surface area contributed by atoms with Crippen LogP contribution in [0.25, 0.3) is 0 Å². The lowest BCUT2D eigenvalue weighted by Crippen LogP contribution is -2.41. The third-order valence-corrected chi connectivity index (χ3v) is 3.06. The van der Waals surface area contributed by atoms with Crippen LogP contribution >= 0.6 is 11.8 Å². The summed E-state index contributed by atoms with van der Waals surface area (Å²) in [6.45, 7) is 1.77. The molecule has 0 spiro atoms. The lowest BCUT2D eigenvalue weighted by Gasteiger charge is -2.13. The number of carbonyl (C=O) groups is 2. The minimum absolute atomic E-state index is 0.350. The molecule has 17 heavy (non-hydrogen) atoms. The first-order chi connectivity index (χ1) is 8.06. The lowest BCUT2D eigenvalue weighted by molar-refractivity contribution is -0.139. The van der Waals surface area contributed by atoms with E-state index in [2.05, 4.69) is 10.3 Å². The van der Waals surface area contributed by atoms with Crippen LogP contribution in [0, 0.1) is 6.92 Å². The maximum atomic E-state index is 11.8. The van der Waals surface area contributed by atoms with Crippen molar-refractivity contribution in [1.29, 1.82) is 0 Å². The number of H-pyrrole nitrogens is 1. The largest absolute Gasteiger partial charge is 0.480 e. The average Bonchev–Trinajstić information content (AvgIpc) is 2.70. The Morgan fingerprint density at radius 1 is 1.59 bits per heavy atom. The number of carboxylic acid groups (broad SMARTS) is 1. The zero-order chi connectivity index (χ0) is 12.8. The molecule has 1 amide bonds. The number of carboxylic acids is 1. The second-order valence-corrected chi connectivity index (χ2v) is 4.65. The number of nitrogens with one attached hydrogen (secondary N) is 2. The minimum atomic E-state index is -0.999. The van der Waals surface area contributed by atoms with Crippen molar-refractivity contribution in [1.82, 2.24) is 10.3 Å². The van der Waals surface area contributed by atoms with Crippen molar-refractivity contribution in [2.45, 2.75) is 19.4 Å². The van der Waals surface area contributed by atoms with Crippen molar-refractivity contribution >= 4 is 23.6 Å². The summed E-state index contributed by atoms with van der Waals surface area (Å²) in [6, 6.07) is 0.808. The van der Waals surface area contributed by atoms with Gasteiger partial charge >= 0.3 is 5.97 Å². The lowest BCUT2D eigenvalue weighted by atomic mass is 10.2. The van der Waals surface area contributed by atoms with Crippen LogP contribution in [-0.2, 0) is 4.79 Å². The van der Waals surface area contributed by atoms with Crippen LogP contribution in [0.3, 0.4) is 0 Å². The van der Waals surface area contributed by atoms with Gasteiger partial charge in [-0.15, -0.1) is 0 Å². The molecule has 6 heteroatoms. The van der Waals surface area contributed by atoms with E-state index in [9.17, 15) is 9.59 Å². The smallest absolute Gasteiger partial charge is 0.326 e. The van der Waals surface area contributed by atoms with Gasteiger partial charge in [0.1, 0.15) is 6.04 Å². The molecule has 0 fully saturated rings. The number of aryl methyl sites for hydroxylation is 1. The van der Waals surface area contributed by atoms with Crippen LogP contribution in [0.5, 0.6) is 0 Å². The fourth-order valence-electron chi connectivity index (χ4n) is 1.43. The van der Waals surface area contributed by atoms with Crippen molar-refractivity contribution in [3.63, 3.8) is 0 Å². The summed E-state index contributed by atoms with van der Waals surface area (Å²) in [5.74, 6) is -0.651. The molecule has 1 aromatic rings. The maximum Gasteiger partial charge on any atom is 0.326 e. The molecular formula is C11H16N2O3S. The zero-order valence-electron chi connectivity index (χ0n) is 9.82.